The minimum atomic E-state index is -4.49. The van der Waals surface area contributed by atoms with E-state index in [-0.39, 0.29) is 17.9 Å². The molecular formula is C14H12F5N3O. The molecule has 0 radical (unpaired) electrons. The van der Waals surface area contributed by atoms with Crippen molar-refractivity contribution in [3.63, 3.8) is 0 Å². The number of imidazole rings is 1. The minimum absolute atomic E-state index is 0.0238. The third-order valence-corrected chi connectivity index (χ3v) is 3.14. The molecule has 2 rings (SSSR count). The quantitative estimate of drug-likeness (QED) is 0.802. The van der Waals surface area contributed by atoms with E-state index in [9.17, 15) is 26.7 Å². The zero-order chi connectivity index (χ0) is 17.2. The summed E-state index contributed by atoms with van der Waals surface area (Å²) in [6, 6.07) is 3.67. The molecule has 0 saturated carbocycles. The van der Waals surface area contributed by atoms with E-state index in [2.05, 4.69) is 4.98 Å². The fourth-order valence-corrected chi connectivity index (χ4v) is 1.95. The number of halogens is 5. The Morgan fingerprint density at radius 3 is 2.39 bits per heavy atom. The van der Waals surface area contributed by atoms with Crippen LogP contribution in [0.4, 0.5) is 22.0 Å². The highest BCUT2D eigenvalue weighted by atomic mass is 19.4. The molecule has 0 spiro atoms. The normalized spacial score (nSPS) is 11.8. The second-order valence-corrected chi connectivity index (χ2v) is 4.76. The highest BCUT2D eigenvalue weighted by molar-refractivity contribution is 5.94. The van der Waals surface area contributed by atoms with E-state index >= 15 is 0 Å². The van der Waals surface area contributed by atoms with Crippen LogP contribution in [0.15, 0.2) is 36.7 Å². The lowest BCUT2D eigenvalue weighted by Crippen LogP contribution is -2.28. The van der Waals surface area contributed by atoms with Crippen molar-refractivity contribution in [1.29, 1.82) is 0 Å². The van der Waals surface area contributed by atoms with Crippen molar-refractivity contribution < 1.29 is 26.7 Å². The Kier molecular flexibility index (Phi) is 4.67. The van der Waals surface area contributed by atoms with Gasteiger partial charge in [-0.2, -0.15) is 22.0 Å². The van der Waals surface area contributed by atoms with Gasteiger partial charge in [-0.3, -0.25) is 9.36 Å². The molecule has 23 heavy (non-hydrogen) atoms. The van der Waals surface area contributed by atoms with Crippen molar-refractivity contribution >= 4 is 5.91 Å². The maximum absolute atomic E-state index is 12.7. The molecule has 0 unspecified atom stereocenters. The first-order chi connectivity index (χ1) is 10.7. The largest absolute Gasteiger partial charge is 0.416 e. The molecule has 1 aromatic heterocycles. The Morgan fingerprint density at radius 2 is 1.87 bits per heavy atom. The molecular weight excluding hydrogens is 321 g/mol. The summed E-state index contributed by atoms with van der Waals surface area (Å²) in [5, 5.41) is 0. The topological polar surface area (TPSA) is 38.1 Å². The molecule has 1 amide bonds. The van der Waals surface area contributed by atoms with Gasteiger partial charge in [0, 0.05) is 25.0 Å². The molecule has 2 aromatic rings. The van der Waals surface area contributed by atoms with Crippen LogP contribution in [0.25, 0.3) is 0 Å². The highest BCUT2D eigenvalue weighted by Gasteiger charge is 2.30. The van der Waals surface area contributed by atoms with Gasteiger partial charge in [-0.1, -0.05) is 0 Å². The van der Waals surface area contributed by atoms with Crippen LogP contribution in [0.1, 0.15) is 28.3 Å². The standard InChI is InChI=1S/C14H12F5N3O/c1-21(8-11-20-6-7-22(11)13(15)16)12(23)9-2-4-10(5-3-9)14(17,18)19/h2-7,13H,8H2,1H3. The van der Waals surface area contributed by atoms with E-state index in [1.807, 2.05) is 0 Å². The number of aromatic nitrogens is 2. The Bertz CT molecular complexity index is 678. The third kappa shape index (κ3) is 3.85. The average molecular weight is 333 g/mol. The molecule has 4 nitrogen and oxygen atoms in total. The lowest BCUT2D eigenvalue weighted by molar-refractivity contribution is -0.137. The van der Waals surface area contributed by atoms with E-state index in [4.69, 9.17) is 0 Å². The van der Waals surface area contributed by atoms with Gasteiger partial charge in [0.2, 0.25) is 0 Å². The van der Waals surface area contributed by atoms with Crippen molar-refractivity contribution in [2.45, 2.75) is 19.3 Å². The molecule has 0 aliphatic rings. The maximum Gasteiger partial charge on any atom is 0.416 e. The van der Waals surface area contributed by atoms with E-state index < -0.39 is 24.2 Å². The van der Waals surface area contributed by atoms with Gasteiger partial charge in [0.05, 0.1) is 12.1 Å². The number of amides is 1. The Hall–Kier alpha value is -2.45. The molecule has 0 aliphatic carbocycles. The van der Waals surface area contributed by atoms with Gasteiger partial charge >= 0.3 is 12.7 Å². The molecule has 0 atom stereocenters. The summed E-state index contributed by atoms with van der Waals surface area (Å²) in [7, 11) is 1.35. The number of hydrogen-bond donors (Lipinski definition) is 0. The van der Waals surface area contributed by atoms with Crippen LogP contribution in [0.5, 0.6) is 0 Å². The SMILES string of the molecule is CN(Cc1nccn1C(F)F)C(=O)c1ccc(C(F)(F)F)cc1. The molecule has 9 heteroatoms. The first-order valence-corrected chi connectivity index (χ1v) is 6.42. The van der Waals surface area contributed by atoms with Crippen LogP contribution >= 0.6 is 0 Å². The summed E-state index contributed by atoms with van der Waals surface area (Å²) in [5.41, 5.74) is -0.847. The molecule has 0 aliphatic heterocycles. The number of hydrogen-bond acceptors (Lipinski definition) is 2. The predicted octanol–water partition coefficient (Wildman–Crippen LogP) is 3.57. The van der Waals surface area contributed by atoms with Crippen LogP contribution in [0.2, 0.25) is 0 Å². The van der Waals surface area contributed by atoms with Crippen LogP contribution < -0.4 is 0 Å². The molecule has 124 valence electrons. The maximum atomic E-state index is 12.7. The van der Waals surface area contributed by atoms with Crippen molar-refractivity contribution in [3.05, 3.63) is 53.6 Å². The Balaban J connectivity index is 2.12. The van der Waals surface area contributed by atoms with Gasteiger partial charge in [0.1, 0.15) is 5.82 Å². The fraction of sp³-hybridized carbons (Fsp3) is 0.286. The number of carbonyl (C=O) groups is 1. The predicted molar refractivity (Wildman–Crippen MR) is 70.7 cm³/mol. The molecule has 0 N–H and O–H groups in total. The summed E-state index contributed by atoms with van der Waals surface area (Å²) >= 11 is 0. The molecule has 0 saturated heterocycles. The van der Waals surface area contributed by atoms with Gasteiger partial charge in [0.25, 0.3) is 5.91 Å². The van der Waals surface area contributed by atoms with Crippen LogP contribution in [0.3, 0.4) is 0 Å². The van der Waals surface area contributed by atoms with Gasteiger partial charge in [-0.05, 0) is 24.3 Å². The summed E-state index contributed by atoms with van der Waals surface area (Å²) in [5.74, 6) is -0.620. The van der Waals surface area contributed by atoms with Crippen molar-refractivity contribution in [2.24, 2.45) is 0 Å². The van der Waals surface area contributed by atoms with Crippen molar-refractivity contribution in [3.8, 4) is 0 Å². The van der Waals surface area contributed by atoms with Crippen LogP contribution in [-0.4, -0.2) is 27.4 Å². The van der Waals surface area contributed by atoms with E-state index in [1.54, 1.807) is 0 Å². The molecule has 0 fully saturated rings. The lowest BCUT2D eigenvalue weighted by Gasteiger charge is -2.18. The van der Waals surface area contributed by atoms with Crippen molar-refractivity contribution in [2.75, 3.05) is 7.05 Å². The first-order valence-electron chi connectivity index (χ1n) is 6.42. The molecule has 1 heterocycles. The number of benzene rings is 1. The summed E-state index contributed by atoms with van der Waals surface area (Å²) in [6.07, 6.45) is -2.23. The highest BCUT2D eigenvalue weighted by Crippen LogP contribution is 2.29. The first kappa shape index (κ1) is 16.9. The number of carbonyl (C=O) groups excluding carboxylic acids is 1. The number of alkyl halides is 5. The monoisotopic (exact) mass is 333 g/mol. The Morgan fingerprint density at radius 1 is 1.26 bits per heavy atom. The Labute approximate surface area is 128 Å². The zero-order valence-corrected chi connectivity index (χ0v) is 11.9. The van der Waals surface area contributed by atoms with Crippen LogP contribution in [-0.2, 0) is 12.7 Å². The minimum Gasteiger partial charge on any atom is -0.334 e. The molecule has 1 aromatic carbocycles. The average Bonchev–Trinajstić information content (AvgIpc) is 2.94. The summed E-state index contributed by atoms with van der Waals surface area (Å²) in [6.45, 7) is -2.99. The molecule has 0 bridgehead atoms. The second-order valence-electron chi connectivity index (χ2n) is 4.76. The lowest BCUT2D eigenvalue weighted by atomic mass is 10.1. The number of rotatable bonds is 4. The van der Waals surface area contributed by atoms with Gasteiger partial charge < -0.3 is 4.90 Å². The fourth-order valence-electron chi connectivity index (χ4n) is 1.95. The number of nitrogens with zero attached hydrogens (tertiary/aromatic N) is 3. The zero-order valence-electron chi connectivity index (χ0n) is 11.9. The van der Waals surface area contributed by atoms with Gasteiger partial charge in [0.15, 0.2) is 0 Å². The van der Waals surface area contributed by atoms with Gasteiger partial charge in [-0.25, -0.2) is 4.98 Å². The van der Waals surface area contributed by atoms with E-state index in [0.717, 1.165) is 35.4 Å². The smallest absolute Gasteiger partial charge is 0.334 e. The van der Waals surface area contributed by atoms with Gasteiger partial charge in [-0.15, -0.1) is 0 Å². The van der Waals surface area contributed by atoms with E-state index in [0.29, 0.717) is 4.57 Å². The second kappa shape index (κ2) is 6.35. The van der Waals surface area contributed by atoms with Crippen LogP contribution in [0, 0.1) is 0 Å². The summed E-state index contributed by atoms with van der Waals surface area (Å²) < 4.78 is 63.4. The van der Waals surface area contributed by atoms with Crippen molar-refractivity contribution in [1.82, 2.24) is 14.5 Å². The van der Waals surface area contributed by atoms with E-state index in [1.165, 1.54) is 13.2 Å². The summed E-state index contributed by atoms with van der Waals surface area (Å²) in [4.78, 5) is 17.0. The third-order valence-electron chi connectivity index (χ3n) is 3.14.